The number of amides is 1. The SMILES string of the molecule is CCC(C(N)=O)c1ccc(-n2cc(Br)cn2)c(Cl)c1. The van der Waals surface area contributed by atoms with Crippen LogP contribution in [-0.4, -0.2) is 15.7 Å². The zero-order valence-electron chi connectivity index (χ0n) is 10.3. The normalized spacial score (nSPS) is 12.4. The van der Waals surface area contributed by atoms with Crippen LogP contribution in [0.4, 0.5) is 0 Å². The van der Waals surface area contributed by atoms with Crippen molar-refractivity contribution < 1.29 is 4.79 Å². The highest BCUT2D eigenvalue weighted by Gasteiger charge is 2.17. The molecule has 19 heavy (non-hydrogen) atoms. The first-order valence-electron chi connectivity index (χ1n) is 5.82. The van der Waals surface area contributed by atoms with Gasteiger partial charge in [-0.2, -0.15) is 5.10 Å². The number of carbonyl (C=O) groups is 1. The molecule has 0 bridgehead atoms. The van der Waals surface area contributed by atoms with E-state index in [0.717, 1.165) is 15.7 Å². The Morgan fingerprint density at radius 3 is 2.79 bits per heavy atom. The van der Waals surface area contributed by atoms with Crippen LogP contribution in [0.2, 0.25) is 5.02 Å². The summed E-state index contributed by atoms with van der Waals surface area (Å²) in [6.07, 6.45) is 4.15. The molecule has 1 atom stereocenters. The fraction of sp³-hybridized carbons (Fsp3) is 0.231. The Kier molecular flexibility index (Phi) is 4.27. The van der Waals surface area contributed by atoms with Crippen molar-refractivity contribution in [3.05, 3.63) is 45.7 Å². The average Bonchev–Trinajstić information content (AvgIpc) is 2.76. The van der Waals surface area contributed by atoms with Crippen molar-refractivity contribution in [2.45, 2.75) is 19.3 Å². The van der Waals surface area contributed by atoms with E-state index in [-0.39, 0.29) is 11.8 Å². The van der Waals surface area contributed by atoms with Crippen LogP contribution >= 0.6 is 27.5 Å². The van der Waals surface area contributed by atoms with Crippen molar-refractivity contribution in [3.63, 3.8) is 0 Å². The summed E-state index contributed by atoms with van der Waals surface area (Å²) in [5, 5.41) is 4.71. The fourth-order valence-electron chi connectivity index (χ4n) is 1.96. The molecule has 0 fully saturated rings. The van der Waals surface area contributed by atoms with Crippen molar-refractivity contribution in [2.75, 3.05) is 0 Å². The number of benzene rings is 1. The molecule has 0 spiro atoms. The highest BCUT2D eigenvalue weighted by Crippen LogP contribution is 2.27. The Hall–Kier alpha value is -1.33. The second-order valence-electron chi connectivity index (χ2n) is 4.18. The van der Waals surface area contributed by atoms with Gasteiger partial charge in [0.05, 0.1) is 27.3 Å². The second kappa shape index (κ2) is 5.75. The van der Waals surface area contributed by atoms with Crippen molar-refractivity contribution in [3.8, 4) is 5.69 Å². The molecule has 0 saturated carbocycles. The largest absolute Gasteiger partial charge is 0.369 e. The number of carbonyl (C=O) groups excluding carboxylic acids is 1. The van der Waals surface area contributed by atoms with Gasteiger partial charge in [0.2, 0.25) is 5.91 Å². The molecule has 0 aliphatic heterocycles. The van der Waals surface area contributed by atoms with E-state index < -0.39 is 0 Å². The number of rotatable bonds is 4. The van der Waals surface area contributed by atoms with E-state index in [9.17, 15) is 4.79 Å². The molecule has 2 N–H and O–H groups in total. The minimum atomic E-state index is -0.340. The highest BCUT2D eigenvalue weighted by molar-refractivity contribution is 9.10. The lowest BCUT2D eigenvalue weighted by molar-refractivity contribution is -0.119. The van der Waals surface area contributed by atoms with Crippen molar-refractivity contribution in [2.24, 2.45) is 5.73 Å². The summed E-state index contributed by atoms with van der Waals surface area (Å²) in [4.78, 5) is 11.4. The third-order valence-electron chi connectivity index (χ3n) is 2.92. The van der Waals surface area contributed by atoms with Crippen LogP contribution in [0.25, 0.3) is 5.69 Å². The highest BCUT2D eigenvalue weighted by atomic mass is 79.9. The van der Waals surface area contributed by atoms with E-state index >= 15 is 0 Å². The molecule has 2 rings (SSSR count). The molecule has 2 aromatic rings. The summed E-state index contributed by atoms with van der Waals surface area (Å²) in [7, 11) is 0. The van der Waals surface area contributed by atoms with Crippen LogP contribution in [0.1, 0.15) is 24.8 Å². The van der Waals surface area contributed by atoms with Gasteiger partial charge in [-0.15, -0.1) is 0 Å². The third kappa shape index (κ3) is 2.98. The van der Waals surface area contributed by atoms with E-state index in [1.165, 1.54) is 0 Å². The molecular weight excluding hydrogens is 330 g/mol. The summed E-state index contributed by atoms with van der Waals surface area (Å²) in [5.41, 5.74) is 6.96. The van der Waals surface area contributed by atoms with Gasteiger partial charge in [-0.05, 0) is 40.0 Å². The van der Waals surface area contributed by atoms with Crippen molar-refractivity contribution in [1.29, 1.82) is 0 Å². The summed E-state index contributed by atoms with van der Waals surface area (Å²) in [6.45, 7) is 1.92. The first-order valence-corrected chi connectivity index (χ1v) is 6.99. The molecule has 1 aromatic heterocycles. The van der Waals surface area contributed by atoms with Gasteiger partial charge in [0.25, 0.3) is 0 Å². The zero-order valence-corrected chi connectivity index (χ0v) is 12.6. The molecule has 4 nitrogen and oxygen atoms in total. The molecule has 1 aromatic carbocycles. The molecule has 0 saturated heterocycles. The molecule has 0 radical (unpaired) electrons. The lowest BCUT2D eigenvalue weighted by Crippen LogP contribution is -2.20. The lowest BCUT2D eigenvalue weighted by atomic mass is 9.96. The quantitative estimate of drug-likeness (QED) is 0.927. The van der Waals surface area contributed by atoms with Gasteiger partial charge in [-0.25, -0.2) is 4.68 Å². The molecule has 1 amide bonds. The number of nitrogens with zero attached hydrogens (tertiary/aromatic N) is 2. The fourth-order valence-corrected chi connectivity index (χ4v) is 2.52. The summed E-state index contributed by atoms with van der Waals surface area (Å²) < 4.78 is 2.54. The summed E-state index contributed by atoms with van der Waals surface area (Å²) >= 11 is 9.58. The topological polar surface area (TPSA) is 60.9 Å². The van der Waals surface area contributed by atoms with Crippen LogP contribution in [-0.2, 0) is 4.79 Å². The van der Waals surface area contributed by atoms with Gasteiger partial charge in [-0.1, -0.05) is 24.6 Å². The second-order valence-corrected chi connectivity index (χ2v) is 5.50. The number of primary amides is 1. The van der Waals surface area contributed by atoms with Gasteiger partial charge >= 0.3 is 0 Å². The minimum absolute atomic E-state index is 0.309. The zero-order chi connectivity index (χ0) is 14.0. The number of halogens is 2. The molecule has 100 valence electrons. The predicted octanol–water partition coefficient (Wildman–Crippen LogP) is 3.27. The van der Waals surface area contributed by atoms with Crippen molar-refractivity contribution >= 4 is 33.4 Å². The number of aromatic nitrogens is 2. The van der Waals surface area contributed by atoms with Crippen LogP contribution in [0, 0.1) is 0 Å². The maximum absolute atomic E-state index is 11.4. The third-order valence-corrected chi connectivity index (χ3v) is 3.64. The molecule has 0 aliphatic rings. The van der Waals surface area contributed by atoms with E-state index in [1.54, 1.807) is 16.9 Å². The maximum Gasteiger partial charge on any atom is 0.224 e. The monoisotopic (exact) mass is 341 g/mol. The van der Waals surface area contributed by atoms with Crippen LogP contribution < -0.4 is 5.73 Å². The Morgan fingerprint density at radius 2 is 2.32 bits per heavy atom. The molecule has 0 aliphatic carbocycles. The number of hydrogen-bond donors (Lipinski definition) is 1. The van der Waals surface area contributed by atoms with Gasteiger partial charge in [0, 0.05) is 6.20 Å². The Labute approximate surface area is 124 Å². The van der Waals surface area contributed by atoms with E-state index in [2.05, 4.69) is 21.0 Å². The molecule has 1 unspecified atom stereocenters. The predicted molar refractivity (Wildman–Crippen MR) is 78.5 cm³/mol. The maximum atomic E-state index is 11.4. The standard InChI is InChI=1S/C13H13BrClN3O/c1-2-10(13(16)19)8-3-4-12(11(15)5-8)18-7-9(14)6-17-18/h3-7,10H,2H2,1H3,(H2,16,19). The van der Waals surface area contributed by atoms with Crippen LogP contribution in [0.5, 0.6) is 0 Å². The molecule has 1 heterocycles. The van der Waals surface area contributed by atoms with Gasteiger partial charge in [0.15, 0.2) is 0 Å². The van der Waals surface area contributed by atoms with Crippen LogP contribution in [0.15, 0.2) is 35.1 Å². The van der Waals surface area contributed by atoms with Crippen LogP contribution in [0.3, 0.4) is 0 Å². The Balaban J connectivity index is 2.39. The van der Waals surface area contributed by atoms with Gasteiger partial charge < -0.3 is 5.73 Å². The summed E-state index contributed by atoms with van der Waals surface area (Å²) in [6, 6.07) is 5.46. The Bertz CT molecular complexity index is 612. The molecule has 6 heteroatoms. The summed E-state index contributed by atoms with van der Waals surface area (Å²) in [5.74, 6) is -0.649. The van der Waals surface area contributed by atoms with E-state index in [4.69, 9.17) is 17.3 Å². The van der Waals surface area contributed by atoms with Gasteiger partial charge in [0.1, 0.15) is 0 Å². The smallest absolute Gasteiger partial charge is 0.224 e. The molecular formula is C13H13BrClN3O. The number of nitrogens with two attached hydrogens (primary N) is 1. The lowest BCUT2D eigenvalue weighted by Gasteiger charge is -2.13. The first kappa shape index (κ1) is 14.1. The first-order chi connectivity index (χ1) is 9.02. The van der Waals surface area contributed by atoms with E-state index in [1.807, 2.05) is 25.3 Å². The van der Waals surface area contributed by atoms with Crippen molar-refractivity contribution in [1.82, 2.24) is 9.78 Å². The number of hydrogen-bond acceptors (Lipinski definition) is 2. The minimum Gasteiger partial charge on any atom is -0.369 e. The van der Waals surface area contributed by atoms with E-state index in [0.29, 0.717) is 11.4 Å². The Morgan fingerprint density at radius 1 is 1.58 bits per heavy atom. The average molecular weight is 343 g/mol. The van der Waals surface area contributed by atoms with Gasteiger partial charge in [-0.3, -0.25) is 4.79 Å².